The largest absolute Gasteiger partial charge is 0.349 e. The number of carbonyl (C=O) groups excluding carboxylic acids is 2. The molecular formula is C21H15BrCl4F2N2O2. The molecule has 3 unspecified atom stereocenters. The second-order valence-corrected chi connectivity index (χ2v) is 11.6. The van der Waals surface area contributed by atoms with Gasteiger partial charge in [-0.25, -0.2) is 8.78 Å². The molecule has 0 radical (unpaired) electrons. The zero-order chi connectivity index (χ0) is 23.4. The predicted molar refractivity (Wildman–Crippen MR) is 126 cm³/mol. The van der Waals surface area contributed by atoms with Crippen LogP contribution in [0.1, 0.15) is 34.7 Å². The monoisotopic (exact) mass is 584 g/mol. The fourth-order valence-corrected chi connectivity index (χ4v) is 5.87. The van der Waals surface area contributed by atoms with Gasteiger partial charge in [-0.2, -0.15) is 0 Å². The van der Waals surface area contributed by atoms with Gasteiger partial charge in [0.1, 0.15) is 3.78 Å². The topological polar surface area (TPSA) is 58.2 Å². The number of rotatable bonds is 5. The van der Waals surface area contributed by atoms with Gasteiger partial charge >= 0.3 is 0 Å². The van der Waals surface area contributed by atoms with Gasteiger partial charge in [-0.1, -0.05) is 50.7 Å². The van der Waals surface area contributed by atoms with E-state index in [1.165, 1.54) is 18.2 Å². The van der Waals surface area contributed by atoms with Crippen molar-refractivity contribution in [1.29, 1.82) is 0 Å². The van der Waals surface area contributed by atoms with Crippen molar-refractivity contribution in [3.8, 4) is 0 Å². The summed E-state index contributed by atoms with van der Waals surface area (Å²) in [5.74, 6) is -4.74. The van der Waals surface area contributed by atoms with Crippen molar-refractivity contribution < 1.29 is 18.4 Å². The zero-order valence-corrected chi connectivity index (χ0v) is 20.7. The summed E-state index contributed by atoms with van der Waals surface area (Å²) >= 11 is 28.1. The van der Waals surface area contributed by atoms with Gasteiger partial charge in [-0.3, -0.25) is 9.59 Å². The van der Waals surface area contributed by atoms with Crippen molar-refractivity contribution in [2.75, 3.05) is 5.32 Å². The lowest BCUT2D eigenvalue weighted by molar-refractivity contribution is -0.117. The van der Waals surface area contributed by atoms with Gasteiger partial charge in [-0.15, -0.1) is 11.6 Å². The highest BCUT2D eigenvalue weighted by Crippen LogP contribution is 2.66. The number of nitrogens with one attached hydrogen (secondary N) is 2. The van der Waals surface area contributed by atoms with Crippen LogP contribution in [-0.2, 0) is 4.79 Å². The minimum atomic E-state index is -2.75. The van der Waals surface area contributed by atoms with Crippen molar-refractivity contribution in [2.24, 2.45) is 5.92 Å². The fraction of sp³-hybridized carbons (Fsp3) is 0.333. The zero-order valence-electron chi connectivity index (χ0n) is 16.1. The van der Waals surface area contributed by atoms with Crippen molar-refractivity contribution >= 4 is 79.8 Å². The maximum absolute atomic E-state index is 13.0. The van der Waals surface area contributed by atoms with Gasteiger partial charge in [0.05, 0.1) is 16.5 Å². The van der Waals surface area contributed by atoms with Gasteiger partial charge < -0.3 is 10.6 Å². The Bertz CT molecular complexity index is 1090. The van der Waals surface area contributed by atoms with Crippen LogP contribution in [0.4, 0.5) is 14.5 Å². The molecule has 0 spiro atoms. The lowest BCUT2D eigenvalue weighted by Crippen LogP contribution is -2.50. The third kappa shape index (κ3) is 4.87. The molecule has 32 heavy (non-hydrogen) atoms. The van der Waals surface area contributed by atoms with Gasteiger partial charge in [0.15, 0.2) is 0 Å². The summed E-state index contributed by atoms with van der Waals surface area (Å²) in [6.07, 6.45) is -0.821. The van der Waals surface area contributed by atoms with E-state index in [9.17, 15) is 18.4 Å². The first-order valence-electron chi connectivity index (χ1n) is 9.50. The number of carbonyl (C=O) groups is 2. The molecule has 4 rings (SSSR count). The molecule has 2 aliphatic carbocycles. The predicted octanol–water partition coefficient (Wildman–Crippen LogP) is 6.86. The molecule has 2 aromatic rings. The lowest BCUT2D eigenvalue weighted by atomic mass is 9.88. The molecule has 170 valence electrons. The van der Waals surface area contributed by atoms with E-state index in [0.29, 0.717) is 21.3 Å². The van der Waals surface area contributed by atoms with E-state index in [0.717, 1.165) is 0 Å². The molecule has 0 saturated heterocycles. The average Bonchev–Trinajstić information content (AvgIpc) is 3.23. The summed E-state index contributed by atoms with van der Waals surface area (Å²) in [5.41, 5.74) is 1.10. The maximum Gasteiger partial charge on any atom is 0.253 e. The summed E-state index contributed by atoms with van der Waals surface area (Å²) in [7, 11) is 0. The highest BCUT2D eigenvalue weighted by atomic mass is 79.9. The number of benzene rings is 2. The van der Waals surface area contributed by atoms with Crippen LogP contribution >= 0.6 is 62.3 Å². The molecule has 2 amide bonds. The number of hydrogen-bond donors (Lipinski definition) is 2. The van der Waals surface area contributed by atoms with E-state index in [2.05, 4.69) is 26.6 Å². The van der Waals surface area contributed by atoms with E-state index in [1.54, 1.807) is 18.2 Å². The number of hydrogen-bond acceptors (Lipinski definition) is 2. The molecule has 3 atom stereocenters. The average molecular weight is 587 g/mol. The maximum atomic E-state index is 13.0. The summed E-state index contributed by atoms with van der Waals surface area (Å²) < 4.78 is 25.0. The number of amides is 2. The summed E-state index contributed by atoms with van der Waals surface area (Å²) in [6.45, 7) is 0. The molecule has 2 aromatic carbocycles. The van der Waals surface area contributed by atoms with Crippen molar-refractivity contribution in [1.82, 2.24) is 5.32 Å². The lowest BCUT2D eigenvalue weighted by Gasteiger charge is -2.35. The molecule has 2 N–H and O–H groups in total. The minimum absolute atomic E-state index is 0.0737. The Hall–Kier alpha value is -1.12. The van der Waals surface area contributed by atoms with Gasteiger partial charge in [0.2, 0.25) is 5.91 Å². The second kappa shape index (κ2) is 8.58. The van der Waals surface area contributed by atoms with Crippen LogP contribution < -0.4 is 10.6 Å². The first kappa shape index (κ1) is 24.0. The summed E-state index contributed by atoms with van der Waals surface area (Å²) in [5, 5.41) is 6.24. The third-order valence-corrected chi connectivity index (χ3v) is 7.71. The van der Waals surface area contributed by atoms with Gasteiger partial charge in [-0.05, 0) is 42.0 Å². The van der Waals surface area contributed by atoms with E-state index in [1.807, 2.05) is 0 Å². The van der Waals surface area contributed by atoms with E-state index < -0.39 is 40.4 Å². The third-order valence-electron chi connectivity index (χ3n) is 5.48. The SMILES string of the molecule is O=C(NC1CC(F)(F)C1)c1cc(NC(=O)C2C(c3cc(Cl)cc(Cl)c3)C2(Cl)Br)ccc1Cl. The molecule has 11 heteroatoms. The second-order valence-electron chi connectivity index (χ2n) is 7.95. The van der Waals surface area contributed by atoms with E-state index >= 15 is 0 Å². The van der Waals surface area contributed by atoms with Crippen LogP contribution in [-0.4, -0.2) is 27.6 Å². The van der Waals surface area contributed by atoms with Crippen molar-refractivity contribution in [3.05, 3.63) is 62.6 Å². The molecule has 2 fully saturated rings. The van der Waals surface area contributed by atoms with Crippen LogP contribution in [0.5, 0.6) is 0 Å². The molecule has 0 bridgehead atoms. The highest BCUT2D eigenvalue weighted by molar-refractivity contribution is 9.10. The molecule has 0 aromatic heterocycles. The summed E-state index contributed by atoms with van der Waals surface area (Å²) in [6, 6.07) is 8.73. The molecule has 0 heterocycles. The molecule has 2 aliphatic rings. The fourth-order valence-electron chi connectivity index (χ4n) is 3.85. The molecule has 4 nitrogen and oxygen atoms in total. The van der Waals surface area contributed by atoms with E-state index in [4.69, 9.17) is 46.4 Å². The standard InChI is InChI=1S/C21H15BrCl4F2N2O2/c22-21(26)16(9-3-10(23)5-11(24)4-9)17(21)19(32)29-12-1-2-15(25)14(6-12)18(31)30-13-7-20(27,28)8-13/h1-6,13,16-17H,7-8H2,(H,29,32)(H,30,31). The highest BCUT2D eigenvalue weighted by Gasteiger charge is 2.67. The summed E-state index contributed by atoms with van der Waals surface area (Å²) in [4.78, 5) is 25.4. The Morgan fingerprint density at radius 1 is 1.03 bits per heavy atom. The Balaban J connectivity index is 1.46. The van der Waals surface area contributed by atoms with E-state index in [-0.39, 0.29) is 22.4 Å². The normalized spacial score (nSPS) is 26.2. The van der Waals surface area contributed by atoms with Gasteiger partial charge in [0, 0.05) is 40.5 Å². The number of anilines is 1. The van der Waals surface area contributed by atoms with Crippen LogP contribution in [0.15, 0.2) is 36.4 Å². The van der Waals surface area contributed by atoms with Crippen molar-refractivity contribution in [2.45, 2.75) is 34.5 Å². The van der Waals surface area contributed by atoms with Crippen LogP contribution in [0.25, 0.3) is 0 Å². The molecular weight excluding hydrogens is 572 g/mol. The Kier molecular flexibility index (Phi) is 6.44. The Labute approximate surface area is 211 Å². The minimum Gasteiger partial charge on any atom is -0.349 e. The first-order chi connectivity index (χ1) is 14.9. The van der Waals surface area contributed by atoms with Crippen LogP contribution in [0, 0.1) is 5.92 Å². The van der Waals surface area contributed by atoms with Gasteiger partial charge in [0.25, 0.3) is 11.8 Å². The molecule has 0 aliphatic heterocycles. The van der Waals surface area contributed by atoms with Crippen LogP contribution in [0.3, 0.4) is 0 Å². The van der Waals surface area contributed by atoms with Crippen LogP contribution in [0.2, 0.25) is 15.1 Å². The quantitative estimate of drug-likeness (QED) is 0.376. The smallest absolute Gasteiger partial charge is 0.253 e. The Morgan fingerprint density at radius 3 is 2.25 bits per heavy atom. The number of halogens is 7. The first-order valence-corrected chi connectivity index (χ1v) is 11.8. The number of alkyl halides is 4. The van der Waals surface area contributed by atoms with Crippen molar-refractivity contribution in [3.63, 3.8) is 0 Å². The molecule has 2 saturated carbocycles. The Morgan fingerprint density at radius 2 is 1.66 bits per heavy atom.